The Morgan fingerprint density at radius 2 is 1.41 bits per heavy atom. The molecule has 0 bridgehead atoms. The predicted octanol–water partition coefficient (Wildman–Crippen LogP) is 8.47. The number of nitrogens with one attached hydrogen (secondary N) is 6. The quantitative estimate of drug-likeness (QED) is 0.0596. The summed E-state index contributed by atoms with van der Waals surface area (Å²) in [7, 11) is 0. The van der Waals surface area contributed by atoms with Gasteiger partial charge in [0.2, 0.25) is 17.8 Å². The Labute approximate surface area is 371 Å². The molecule has 3 aliphatic rings. The van der Waals surface area contributed by atoms with Crippen molar-refractivity contribution in [3.63, 3.8) is 0 Å². The second-order valence-electron chi connectivity index (χ2n) is 16.5. The first-order valence-corrected chi connectivity index (χ1v) is 22.1. The first-order valence-electron chi connectivity index (χ1n) is 21.7. The molecule has 1 aliphatic carbocycles. The number of carbonyl (C=O) groups is 4. The minimum Gasteiger partial charge on any atom is -0.372 e. The second kappa shape index (κ2) is 20.2. The zero-order valence-corrected chi connectivity index (χ0v) is 35.6. The lowest BCUT2D eigenvalue weighted by molar-refractivity contribution is -0.134. The fourth-order valence-electron chi connectivity index (χ4n) is 8.56. The number of hydrogen-bond acceptors (Lipinski definition) is 10. The van der Waals surface area contributed by atoms with Crippen LogP contribution in [0.25, 0.3) is 0 Å². The summed E-state index contributed by atoms with van der Waals surface area (Å²) in [4.78, 5) is 60.4. The van der Waals surface area contributed by atoms with Crippen molar-refractivity contribution in [1.82, 2.24) is 25.9 Å². The molecule has 1 aromatic heterocycles. The van der Waals surface area contributed by atoms with E-state index in [1.54, 1.807) is 72.8 Å². The van der Waals surface area contributed by atoms with Crippen LogP contribution in [0.15, 0.2) is 103 Å². The molecule has 3 fully saturated rings. The maximum Gasteiger partial charge on any atom is 0.255 e. The van der Waals surface area contributed by atoms with Crippen molar-refractivity contribution in [1.29, 1.82) is 0 Å². The Balaban J connectivity index is 0.724. The number of halogens is 2. The molecule has 326 valence electrons. The van der Waals surface area contributed by atoms with Gasteiger partial charge in [-0.2, -0.15) is 4.98 Å². The largest absolute Gasteiger partial charge is 0.372 e. The number of rotatable bonds is 14. The lowest BCUT2D eigenvalue weighted by atomic mass is 9.89. The molecule has 0 radical (unpaired) electrons. The molecule has 63 heavy (non-hydrogen) atoms. The lowest BCUT2D eigenvalue weighted by Crippen LogP contribution is -2.42. The van der Waals surface area contributed by atoms with Gasteiger partial charge in [-0.25, -0.2) is 9.37 Å². The number of aromatic nitrogens is 2. The van der Waals surface area contributed by atoms with Gasteiger partial charge in [-0.1, -0.05) is 35.9 Å². The maximum absolute atomic E-state index is 14.7. The smallest absolute Gasteiger partial charge is 0.255 e. The molecule has 2 aliphatic heterocycles. The van der Waals surface area contributed by atoms with Crippen LogP contribution in [0.4, 0.5) is 38.9 Å². The van der Waals surface area contributed by atoms with Crippen LogP contribution in [-0.4, -0.2) is 65.3 Å². The summed E-state index contributed by atoms with van der Waals surface area (Å²) in [6.45, 7) is 3.03. The normalized spacial score (nSPS) is 19.2. The topological polar surface area (TPSA) is 169 Å². The van der Waals surface area contributed by atoms with E-state index < -0.39 is 5.82 Å². The van der Waals surface area contributed by atoms with E-state index in [0.717, 1.165) is 76.3 Å². The number of hydrogen-bond donors (Lipinski definition) is 6. The number of imide groups is 1. The second-order valence-corrected chi connectivity index (χ2v) is 16.9. The van der Waals surface area contributed by atoms with Gasteiger partial charge in [0, 0.05) is 59.8 Å². The third kappa shape index (κ3) is 11.4. The molecule has 0 spiro atoms. The minimum atomic E-state index is -0.652. The predicted molar refractivity (Wildman–Crippen MR) is 243 cm³/mol. The van der Waals surface area contributed by atoms with Crippen LogP contribution in [-0.2, 0) is 9.59 Å². The van der Waals surface area contributed by atoms with Crippen molar-refractivity contribution in [2.45, 2.75) is 75.8 Å². The average molecular weight is 872 g/mol. The van der Waals surface area contributed by atoms with Crippen molar-refractivity contribution in [2.24, 2.45) is 5.92 Å². The average Bonchev–Trinajstić information content (AvgIpc) is 3.30. The summed E-state index contributed by atoms with van der Waals surface area (Å²) in [6, 6.07) is 29.3. The highest BCUT2D eigenvalue weighted by Crippen LogP contribution is 2.30. The molecule has 4 aromatic carbocycles. The fraction of sp³-hybridized carbons (Fsp3) is 0.333. The molecular weight excluding hydrogens is 821 g/mol. The van der Waals surface area contributed by atoms with Crippen LogP contribution < -0.4 is 36.8 Å². The van der Waals surface area contributed by atoms with Crippen molar-refractivity contribution in [3.8, 4) is 0 Å². The monoisotopic (exact) mass is 871 g/mol. The molecule has 1 atom stereocenters. The van der Waals surface area contributed by atoms with Gasteiger partial charge in [0.05, 0.1) is 22.8 Å². The van der Waals surface area contributed by atoms with E-state index in [2.05, 4.69) is 58.9 Å². The molecule has 2 saturated heterocycles. The fourth-order valence-corrected chi connectivity index (χ4v) is 8.74. The molecule has 3 heterocycles. The van der Waals surface area contributed by atoms with Gasteiger partial charge >= 0.3 is 0 Å². The first-order chi connectivity index (χ1) is 30.6. The first kappa shape index (κ1) is 43.3. The third-order valence-electron chi connectivity index (χ3n) is 12.2. The van der Waals surface area contributed by atoms with Gasteiger partial charge in [-0.3, -0.25) is 24.5 Å². The highest BCUT2D eigenvalue weighted by Gasteiger charge is 2.29. The van der Waals surface area contributed by atoms with Crippen molar-refractivity contribution < 1.29 is 23.6 Å². The van der Waals surface area contributed by atoms with E-state index in [-0.39, 0.29) is 47.4 Å². The zero-order valence-electron chi connectivity index (χ0n) is 34.8. The maximum atomic E-state index is 14.7. The number of piperidine rings is 2. The van der Waals surface area contributed by atoms with Crippen LogP contribution >= 0.6 is 11.6 Å². The number of para-hydroxylation sites is 1. The molecule has 15 heteroatoms. The van der Waals surface area contributed by atoms with Crippen LogP contribution in [0.1, 0.15) is 90.0 Å². The number of amides is 4. The Kier molecular flexibility index (Phi) is 13.9. The van der Waals surface area contributed by atoms with Crippen molar-refractivity contribution in [2.75, 3.05) is 40.5 Å². The molecule has 1 unspecified atom stereocenters. The molecule has 1 saturated carbocycles. The summed E-state index contributed by atoms with van der Waals surface area (Å²) in [5.74, 6) is -0.944. The molecule has 5 aromatic rings. The summed E-state index contributed by atoms with van der Waals surface area (Å²) >= 11 is 6.16. The minimum absolute atomic E-state index is 0.0480. The highest BCUT2D eigenvalue weighted by atomic mass is 35.5. The van der Waals surface area contributed by atoms with E-state index in [1.165, 1.54) is 5.69 Å². The Hall–Kier alpha value is -6.38. The van der Waals surface area contributed by atoms with Crippen molar-refractivity contribution >= 4 is 69.7 Å². The van der Waals surface area contributed by atoms with E-state index in [1.807, 2.05) is 12.1 Å². The molecular formula is C48H51ClFN9O4. The molecule has 13 nitrogen and oxygen atoms in total. The number of anilines is 6. The van der Waals surface area contributed by atoms with Crippen molar-refractivity contribution in [3.05, 3.63) is 131 Å². The Morgan fingerprint density at radius 3 is 2.10 bits per heavy atom. The number of carbonyl (C=O) groups excluding carboxylic acids is 4. The summed E-state index contributed by atoms with van der Waals surface area (Å²) in [5.41, 5.74) is 4.75. The zero-order chi connectivity index (χ0) is 43.7. The van der Waals surface area contributed by atoms with E-state index in [4.69, 9.17) is 11.6 Å². The van der Waals surface area contributed by atoms with Crippen LogP contribution in [0, 0.1) is 11.7 Å². The van der Waals surface area contributed by atoms with E-state index in [0.29, 0.717) is 58.0 Å². The van der Waals surface area contributed by atoms with Gasteiger partial charge < -0.3 is 31.5 Å². The standard InChI is InChI=1S/C48H51ClFN9O4/c49-40-3-1-2-4-42(40)56-46(62)33-5-11-35(12-6-33)53-44-41(50)29-52-48(58-44)55-37-13-7-32(8-14-37)45(61)54-36-17-15-34(16-18-36)51-26-23-30-24-27-59(28-25-30)38-19-9-31(10-20-38)39-21-22-43(60)57-47(39)63/h1-14,19-20,29-30,34,36,39,51H,15-18,21-28H2,(H,54,61)(H,56,62)(H,57,60,63)(H2,52,53,55,58). The summed E-state index contributed by atoms with van der Waals surface area (Å²) < 4.78 is 14.7. The van der Waals surface area contributed by atoms with Gasteiger partial charge in [0.1, 0.15) is 0 Å². The summed E-state index contributed by atoms with van der Waals surface area (Å²) in [6.07, 6.45) is 9.35. The molecule has 4 amide bonds. The van der Waals surface area contributed by atoms with Gasteiger partial charge in [0.15, 0.2) is 11.6 Å². The number of nitrogens with zero attached hydrogens (tertiary/aromatic N) is 3. The van der Waals surface area contributed by atoms with Gasteiger partial charge in [-0.05, 0) is 142 Å². The van der Waals surface area contributed by atoms with Gasteiger partial charge in [0.25, 0.3) is 11.8 Å². The Bertz CT molecular complexity index is 2400. The third-order valence-corrected chi connectivity index (χ3v) is 12.6. The van der Waals surface area contributed by atoms with Crippen LogP contribution in [0.5, 0.6) is 0 Å². The molecule has 8 rings (SSSR count). The van der Waals surface area contributed by atoms with E-state index >= 15 is 0 Å². The van der Waals surface area contributed by atoms with E-state index in [9.17, 15) is 23.6 Å². The summed E-state index contributed by atoms with van der Waals surface area (Å²) in [5, 5.41) is 18.7. The Morgan fingerprint density at radius 1 is 0.762 bits per heavy atom. The highest BCUT2D eigenvalue weighted by molar-refractivity contribution is 6.33. The lowest BCUT2D eigenvalue weighted by Gasteiger charge is -2.34. The SMILES string of the molecule is O=C1CCC(c2ccc(N3CCC(CCNC4CCC(NC(=O)c5ccc(Nc6ncc(F)c(Nc7ccc(C(=O)Nc8ccccc8Cl)cc7)n6)cc5)CC4)CC3)cc2)C(=O)N1. The molecule has 6 N–H and O–H groups in total. The number of benzene rings is 4. The van der Waals surface area contributed by atoms with Crippen LogP contribution in [0.2, 0.25) is 5.02 Å². The van der Waals surface area contributed by atoms with Crippen LogP contribution in [0.3, 0.4) is 0 Å². The van der Waals surface area contributed by atoms with Gasteiger partial charge in [-0.15, -0.1) is 0 Å².